The Labute approximate surface area is 151 Å². The molecule has 24 heavy (non-hydrogen) atoms. The topological polar surface area (TPSA) is 68.2 Å². The Balaban J connectivity index is 0.00000208. The van der Waals surface area contributed by atoms with Gasteiger partial charge in [0.15, 0.2) is 6.61 Å². The molecule has 2 heterocycles. The molecule has 0 radical (unpaired) electrons. The van der Waals surface area contributed by atoms with Gasteiger partial charge in [-0.3, -0.25) is 9.48 Å². The van der Waals surface area contributed by atoms with Crippen molar-refractivity contribution in [3.63, 3.8) is 0 Å². The second-order valence-electron chi connectivity index (χ2n) is 5.38. The van der Waals surface area contributed by atoms with Crippen molar-refractivity contribution >= 4 is 29.9 Å². The summed E-state index contributed by atoms with van der Waals surface area (Å²) in [6.45, 7) is 3.06. The van der Waals surface area contributed by atoms with E-state index in [-0.39, 0.29) is 24.9 Å². The molecule has 1 aliphatic heterocycles. The fourth-order valence-corrected chi connectivity index (χ4v) is 2.64. The predicted molar refractivity (Wildman–Crippen MR) is 94.6 cm³/mol. The third-order valence-corrected chi connectivity index (χ3v) is 3.92. The van der Waals surface area contributed by atoms with Crippen LogP contribution < -0.4 is 15.4 Å². The Bertz CT molecular complexity index is 667. The molecule has 0 bridgehead atoms. The number of nitrogens with one attached hydrogen (secondary N) is 2. The van der Waals surface area contributed by atoms with Crippen molar-refractivity contribution in [2.24, 2.45) is 0 Å². The largest absolute Gasteiger partial charge is 0.482 e. The number of nitrogens with zero attached hydrogens (tertiary/aromatic N) is 2. The minimum absolute atomic E-state index is 0. The maximum atomic E-state index is 11.9. The van der Waals surface area contributed by atoms with Gasteiger partial charge in [-0.1, -0.05) is 23.7 Å². The molecule has 3 rings (SSSR count). The van der Waals surface area contributed by atoms with E-state index in [0.717, 1.165) is 37.4 Å². The Hall–Kier alpha value is -1.76. The van der Waals surface area contributed by atoms with Crippen LogP contribution in [0.15, 0.2) is 30.3 Å². The van der Waals surface area contributed by atoms with Crippen molar-refractivity contribution < 1.29 is 9.53 Å². The third-order valence-electron chi connectivity index (χ3n) is 3.61. The molecule has 0 saturated heterocycles. The second-order valence-corrected chi connectivity index (χ2v) is 5.78. The van der Waals surface area contributed by atoms with Crippen LogP contribution in [0.5, 0.6) is 5.75 Å². The van der Waals surface area contributed by atoms with Crippen LogP contribution in [-0.4, -0.2) is 28.8 Å². The molecule has 0 unspecified atom stereocenters. The zero-order valence-corrected chi connectivity index (χ0v) is 14.7. The number of ether oxygens (including phenoxy) is 1. The van der Waals surface area contributed by atoms with Crippen LogP contribution in [0.1, 0.15) is 17.8 Å². The molecule has 0 aliphatic carbocycles. The first-order valence-electron chi connectivity index (χ1n) is 7.63. The van der Waals surface area contributed by atoms with Gasteiger partial charge in [0.25, 0.3) is 5.91 Å². The van der Waals surface area contributed by atoms with Gasteiger partial charge >= 0.3 is 0 Å². The van der Waals surface area contributed by atoms with E-state index in [1.165, 1.54) is 0 Å². The molecule has 130 valence electrons. The highest BCUT2D eigenvalue weighted by Crippen LogP contribution is 2.22. The number of hydrogen-bond donors (Lipinski definition) is 2. The number of carbonyl (C=O) groups is 1. The lowest BCUT2D eigenvalue weighted by Gasteiger charge is -2.07. The fourth-order valence-electron chi connectivity index (χ4n) is 2.45. The minimum Gasteiger partial charge on any atom is -0.482 e. The van der Waals surface area contributed by atoms with Crippen LogP contribution in [0, 0.1) is 0 Å². The molecule has 2 N–H and O–H groups in total. The number of aromatic nitrogens is 2. The van der Waals surface area contributed by atoms with Gasteiger partial charge in [0.1, 0.15) is 5.75 Å². The first kappa shape index (κ1) is 18.6. The fraction of sp³-hybridized carbons (Fsp3) is 0.375. The summed E-state index contributed by atoms with van der Waals surface area (Å²) in [5, 5.41) is 11.2. The monoisotopic (exact) mass is 370 g/mol. The number of fused-ring (bicyclic) bond motifs is 1. The smallest absolute Gasteiger partial charge is 0.258 e. The zero-order chi connectivity index (χ0) is 16.1. The van der Waals surface area contributed by atoms with Gasteiger partial charge in [0.2, 0.25) is 0 Å². The van der Waals surface area contributed by atoms with Crippen LogP contribution >= 0.6 is 24.0 Å². The van der Waals surface area contributed by atoms with Gasteiger partial charge in [-0.05, 0) is 31.2 Å². The number of benzene rings is 1. The molecule has 0 saturated carbocycles. The highest BCUT2D eigenvalue weighted by Gasteiger charge is 2.11. The lowest BCUT2D eigenvalue weighted by atomic mass is 10.3. The van der Waals surface area contributed by atoms with Crippen molar-refractivity contribution in [1.29, 1.82) is 0 Å². The van der Waals surface area contributed by atoms with Gasteiger partial charge < -0.3 is 15.4 Å². The van der Waals surface area contributed by atoms with Crippen LogP contribution in [0.25, 0.3) is 0 Å². The quantitative estimate of drug-likeness (QED) is 0.845. The van der Waals surface area contributed by atoms with E-state index in [9.17, 15) is 4.79 Å². The summed E-state index contributed by atoms with van der Waals surface area (Å²) in [4.78, 5) is 11.9. The third kappa shape index (κ3) is 4.87. The van der Waals surface area contributed by atoms with E-state index in [4.69, 9.17) is 16.3 Å². The Morgan fingerprint density at radius 1 is 1.42 bits per heavy atom. The SMILES string of the molecule is Cl.O=C(COc1ccccc1Cl)NCc1cc2n(n1)CCCNC2. The number of para-hydroxylation sites is 1. The predicted octanol–water partition coefficient (Wildman–Crippen LogP) is 2.15. The molecule has 6 nitrogen and oxygen atoms in total. The number of rotatable bonds is 5. The summed E-state index contributed by atoms with van der Waals surface area (Å²) in [6.07, 6.45) is 1.06. The molecule has 0 atom stereocenters. The molecule has 2 aromatic rings. The van der Waals surface area contributed by atoms with Gasteiger partial charge in [0, 0.05) is 13.1 Å². The van der Waals surface area contributed by atoms with Crippen molar-refractivity contribution in [2.75, 3.05) is 13.2 Å². The summed E-state index contributed by atoms with van der Waals surface area (Å²) in [6, 6.07) is 9.10. The van der Waals surface area contributed by atoms with Gasteiger partial charge in [-0.25, -0.2) is 0 Å². The molecule has 1 aromatic carbocycles. The number of hydrogen-bond acceptors (Lipinski definition) is 4. The molecule has 1 aliphatic rings. The lowest BCUT2D eigenvalue weighted by Crippen LogP contribution is -2.28. The summed E-state index contributed by atoms with van der Waals surface area (Å²) in [5.74, 6) is 0.301. The Kier molecular flexibility index (Phi) is 6.90. The number of amides is 1. The van der Waals surface area contributed by atoms with E-state index in [0.29, 0.717) is 17.3 Å². The average Bonchev–Trinajstić information content (AvgIpc) is 2.81. The maximum Gasteiger partial charge on any atom is 0.258 e. The van der Waals surface area contributed by atoms with Crippen molar-refractivity contribution in [3.05, 3.63) is 46.7 Å². The maximum absolute atomic E-state index is 11.9. The Morgan fingerprint density at radius 3 is 3.08 bits per heavy atom. The van der Waals surface area contributed by atoms with E-state index >= 15 is 0 Å². The molecule has 0 fully saturated rings. The summed E-state index contributed by atoms with van der Waals surface area (Å²) >= 11 is 5.98. The summed E-state index contributed by atoms with van der Waals surface area (Å²) in [5.41, 5.74) is 2.01. The van der Waals surface area contributed by atoms with Crippen molar-refractivity contribution in [2.45, 2.75) is 26.1 Å². The standard InChI is InChI=1S/C16H19ClN4O2.ClH/c17-14-4-1-2-5-15(14)23-11-16(22)19-9-12-8-13-10-18-6-3-7-21(13)20-12;/h1-2,4-5,8,18H,3,6-7,9-11H2,(H,19,22);1H. The summed E-state index contributed by atoms with van der Waals surface area (Å²) < 4.78 is 7.41. The molecule has 8 heteroatoms. The van der Waals surface area contributed by atoms with E-state index in [2.05, 4.69) is 15.7 Å². The number of carbonyl (C=O) groups excluding carboxylic acids is 1. The van der Waals surface area contributed by atoms with Crippen LogP contribution in [0.2, 0.25) is 5.02 Å². The minimum atomic E-state index is -0.203. The highest BCUT2D eigenvalue weighted by molar-refractivity contribution is 6.32. The highest BCUT2D eigenvalue weighted by atomic mass is 35.5. The van der Waals surface area contributed by atoms with Crippen LogP contribution in [0.3, 0.4) is 0 Å². The first-order chi connectivity index (χ1) is 11.2. The van der Waals surface area contributed by atoms with E-state index in [1.54, 1.807) is 12.1 Å². The van der Waals surface area contributed by atoms with E-state index in [1.807, 2.05) is 22.9 Å². The normalized spacial score (nSPS) is 13.4. The Morgan fingerprint density at radius 2 is 2.25 bits per heavy atom. The zero-order valence-electron chi connectivity index (χ0n) is 13.1. The molecular formula is C16H20Cl2N4O2. The molecular weight excluding hydrogens is 351 g/mol. The van der Waals surface area contributed by atoms with Crippen molar-refractivity contribution in [1.82, 2.24) is 20.4 Å². The lowest BCUT2D eigenvalue weighted by molar-refractivity contribution is -0.123. The molecule has 0 spiro atoms. The van der Waals surface area contributed by atoms with Crippen LogP contribution in [0.4, 0.5) is 0 Å². The second kappa shape index (κ2) is 8.92. The van der Waals surface area contributed by atoms with Crippen molar-refractivity contribution in [3.8, 4) is 5.75 Å². The first-order valence-corrected chi connectivity index (χ1v) is 8.00. The van der Waals surface area contributed by atoms with E-state index < -0.39 is 0 Å². The molecule has 1 aromatic heterocycles. The van der Waals surface area contributed by atoms with Gasteiger partial charge in [0.05, 0.1) is 23.0 Å². The number of aryl methyl sites for hydroxylation is 1. The average molecular weight is 371 g/mol. The van der Waals surface area contributed by atoms with Gasteiger partial charge in [-0.2, -0.15) is 5.10 Å². The van der Waals surface area contributed by atoms with Gasteiger partial charge in [-0.15, -0.1) is 12.4 Å². The molecule has 1 amide bonds. The number of halogens is 2. The van der Waals surface area contributed by atoms with Crippen LogP contribution in [-0.2, 0) is 24.4 Å². The summed E-state index contributed by atoms with van der Waals surface area (Å²) in [7, 11) is 0.